The number of hydrogen-bond acceptors (Lipinski definition) is 14. The second kappa shape index (κ2) is 33.1. The molecule has 18 heteroatoms. The maximum absolute atomic E-state index is 16.0. The first-order chi connectivity index (χ1) is 43.0. The summed E-state index contributed by atoms with van der Waals surface area (Å²) in [5.74, 6) is -0.108. The van der Waals surface area contributed by atoms with E-state index in [4.69, 9.17) is 9.47 Å². The Labute approximate surface area is 527 Å². The molecule has 6 unspecified atom stereocenters. The number of methoxy groups -OCH3 is 1. The highest BCUT2D eigenvalue weighted by atomic mass is 19.1. The summed E-state index contributed by atoms with van der Waals surface area (Å²) in [6, 6.07) is 13.7. The van der Waals surface area contributed by atoms with E-state index in [1.54, 1.807) is 11.0 Å². The number of phenolic OH excluding ortho intramolecular Hbond substituents is 1. The molecule has 5 aliphatic heterocycles. The van der Waals surface area contributed by atoms with Gasteiger partial charge in [-0.25, -0.2) is 8.78 Å². The SMILES string of the molecule is CC.CC.CCCC(CCC(C)CC)N1CC2(CCC(c3ccc(N(C(=O)CC)C4CCC(=O)NC4=O)c(C)c3)CC2)C1.CCc1c(F)ccc2cc(O)cc(-c3ncc4c(N5CCCC(O)C5)nc(OC)nc4c3F)c12.O=COCC1CCC2CCCN21. The number of phenols is 1. The van der Waals surface area contributed by atoms with E-state index < -0.39 is 23.8 Å². The van der Waals surface area contributed by atoms with E-state index in [2.05, 4.69) is 63.0 Å². The number of aromatic nitrogens is 3. The van der Waals surface area contributed by atoms with Crippen molar-refractivity contribution in [1.29, 1.82) is 0 Å². The van der Waals surface area contributed by atoms with E-state index in [0.29, 0.717) is 96.8 Å². The fraction of sp³-hybridized carbons (Fsp3) is 0.620. The summed E-state index contributed by atoms with van der Waals surface area (Å²) in [6.07, 6.45) is 20.6. The number of aromatic hydroxyl groups is 1. The topological polar surface area (TPSA) is 191 Å². The minimum Gasteiger partial charge on any atom is -0.508 e. The minimum atomic E-state index is -0.727. The van der Waals surface area contributed by atoms with Gasteiger partial charge in [-0.3, -0.25) is 44.2 Å². The number of nitrogens with zero attached hydrogens (tertiary/aromatic N) is 7. The molecule has 6 atom stereocenters. The average molecular weight is 1230 g/mol. The van der Waals surface area contributed by atoms with Gasteiger partial charge in [-0.1, -0.05) is 93.4 Å². The lowest BCUT2D eigenvalue weighted by atomic mass is 9.64. The number of β-amino-alcohol motifs (C(OH)–C–C–N with tert-alkyl or cyclic N) is 1. The zero-order chi connectivity index (χ0) is 64.5. The molecular weight excluding hydrogens is 1130 g/mol. The number of carbonyl (C=O) groups excluding carboxylic acids is 4. The number of aryl methyl sites for hydroxylation is 2. The van der Waals surface area contributed by atoms with Crippen LogP contribution in [0.25, 0.3) is 32.9 Å². The number of carbonyl (C=O) groups is 4. The minimum absolute atomic E-state index is 0.00198. The Kier molecular flexibility index (Phi) is 26.1. The standard InChI is InChI=1S/C33H51N3O3.C25H24F2N4O3.C9H15NO2.2C2H6/c1-6-9-27(12-10-23(4)7-2)35-21-33(22-35)18-16-25(17-19-33)26-11-13-28(24(5)20-26)36(31(38)8-3)29-14-15-30(37)34-32(29)39;1-3-16-19(26)7-6-13-9-15(33)10-17(20(13)16)22-21(27)23-18(11-28-22)24(30-25(29-23)34-2)31-8-4-5-14(32)12-31;11-7-12-6-9-4-3-8-2-1-5-10(8)9;2*1-2/h11,13,20,23,25,27,29H,6-10,12,14-19,21-22H2,1-5H3,(H,34,37,39);6-7,9-11,14,32-33H,3-5,8,12H2,1-2H3;7-9H,1-6H2;2*1-2H3. The molecule has 3 N–H and O–H groups in total. The molecule has 89 heavy (non-hydrogen) atoms. The third-order valence-electron chi connectivity index (χ3n) is 19.4. The van der Waals surface area contributed by atoms with E-state index in [1.807, 2.05) is 59.4 Å². The molecule has 3 aromatic carbocycles. The summed E-state index contributed by atoms with van der Waals surface area (Å²) in [6.45, 7) is 26.6. The lowest BCUT2D eigenvalue weighted by Gasteiger charge is -2.56. The van der Waals surface area contributed by atoms with E-state index in [0.717, 1.165) is 35.7 Å². The van der Waals surface area contributed by atoms with Gasteiger partial charge in [0.1, 0.15) is 41.2 Å². The number of rotatable bonds is 18. The average Bonchev–Trinajstić information content (AvgIpc) is 1.59. The first kappa shape index (κ1) is 70.1. The fourth-order valence-electron chi connectivity index (χ4n) is 14.5. The summed E-state index contributed by atoms with van der Waals surface area (Å²) in [5, 5.41) is 24.3. The number of benzene rings is 3. The molecular formula is C71H102F2N8O8. The zero-order valence-corrected chi connectivity index (χ0v) is 55.1. The third kappa shape index (κ3) is 16.6. The van der Waals surface area contributed by atoms with Crippen LogP contribution in [0, 0.1) is 29.9 Å². The van der Waals surface area contributed by atoms with Gasteiger partial charge in [0.05, 0.1) is 18.6 Å². The quantitative estimate of drug-likeness (QED) is 0.0555. The number of anilines is 2. The summed E-state index contributed by atoms with van der Waals surface area (Å²) in [7, 11) is 1.40. The molecule has 11 rings (SSSR count). The van der Waals surface area contributed by atoms with Crippen LogP contribution >= 0.6 is 0 Å². The van der Waals surface area contributed by atoms with Gasteiger partial charge in [-0.05, 0) is 179 Å². The van der Waals surface area contributed by atoms with E-state index in [-0.39, 0.29) is 52.7 Å². The fourth-order valence-corrected chi connectivity index (χ4v) is 14.5. The Bertz CT molecular complexity index is 3170. The Balaban J connectivity index is 0.000000205. The van der Waals surface area contributed by atoms with Crippen molar-refractivity contribution in [3.8, 4) is 23.0 Å². The summed E-state index contributed by atoms with van der Waals surface area (Å²) < 4.78 is 40.7. The second-order valence-corrected chi connectivity index (χ2v) is 25.0. The molecule has 6 aliphatic rings. The number of imide groups is 1. The van der Waals surface area contributed by atoms with Gasteiger partial charge in [0.15, 0.2) is 5.82 Å². The molecule has 1 spiro atoms. The number of hydrogen-bond donors (Lipinski definition) is 3. The lowest BCUT2D eigenvalue weighted by molar-refractivity contribution is -0.135. The van der Waals surface area contributed by atoms with Crippen molar-refractivity contribution in [2.75, 3.05) is 56.2 Å². The molecule has 0 radical (unpaired) electrons. The molecule has 488 valence electrons. The van der Waals surface area contributed by atoms with Gasteiger partial charge in [0.2, 0.25) is 17.7 Å². The van der Waals surface area contributed by atoms with Crippen LogP contribution in [0.1, 0.15) is 200 Å². The van der Waals surface area contributed by atoms with E-state index >= 15 is 4.39 Å². The zero-order valence-electron chi connectivity index (χ0n) is 55.1. The number of nitrogens with one attached hydrogen (secondary N) is 1. The van der Waals surface area contributed by atoms with Crippen molar-refractivity contribution in [3.05, 3.63) is 77.0 Å². The number of piperidine rings is 2. The number of amides is 3. The Morgan fingerprint density at radius 3 is 2.30 bits per heavy atom. The second-order valence-electron chi connectivity index (χ2n) is 25.0. The van der Waals surface area contributed by atoms with Gasteiger partial charge in [0, 0.05) is 74.6 Å². The predicted octanol–water partition coefficient (Wildman–Crippen LogP) is 13.7. The van der Waals surface area contributed by atoms with Crippen molar-refractivity contribution in [2.24, 2.45) is 11.3 Å². The van der Waals surface area contributed by atoms with Gasteiger partial charge < -0.3 is 24.6 Å². The first-order valence-corrected chi connectivity index (χ1v) is 33.6. The third-order valence-corrected chi connectivity index (χ3v) is 19.4. The van der Waals surface area contributed by atoms with Crippen molar-refractivity contribution in [2.45, 2.75) is 227 Å². The summed E-state index contributed by atoms with van der Waals surface area (Å²) in [5.41, 5.74) is 4.32. The first-order valence-electron chi connectivity index (χ1n) is 33.6. The van der Waals surface area contributed by atoms with Crippen LogP contribution in [0.5, 0.6) is 11.8 Å². The molecule has 6 fully saturated rings. The molecule has 3 amide bonds. The highest BCUT2D eigenvalue weighted by Crippen LogP contribution is 2.50. The molecule has 2 aromatic heterocycles. The normalized spacial score (nSPS) is 21.3. The number of halogens is 2. The summed E-state index contributed by atoms with van der Waals surface area (Å²) in [4.78, 5) is 69.1. The van der Waals surface area contributed by atoms with Crippen molar-refractivity contribution < 1.29 is 47.6 Å². The maximum atomic E-state index is 16.0. The lowest BCUT2D eigenvalue weighted by Crippen LogP contribution is -2.60. The van der Waals surface area contributed by atoms with Gasteiger partial charge in [-0.15, -0.1) is 0 Å². The van der Waals surface area contributed by atoms with Gasteiger partial charge in [0.25, 0.3) is 6.47 Å². The number of likely N-dealkylation sites (tertiary alicyclic amines) is 1. The van der Waals surface area contributed by atoms with Crippen LogP contribution in [0.15, 0.2) is 48.7 Å². The Hall–Kier alpha value is -6.37. The number of aliphatic hydroxyl groups is 1. The Morgan fingerprint density at radius 2 is 1.65 bits per heavy atom. The van der Waals surface area contributed by atoms with Crippen molar-refractivity contribution in [3.63, 3.8) is 0 Å². The number of pyridine rings is 1. The molecule has 7 heterocycles. The smallest absolute Gasteiger partial charge is 0.318 e. The van der Waals surface area contributed by atoms with Gasteiger partial charge in [-0.2, -0.15) is 9.97 Å². The number of aliphatic hydroxyl groups excluding tert-OH is 1. The van der Waals surface area contributed by atoms with E-state index in [9.17, 15) is 33.8 Å². The van der Waals surface area contributed by atoms with Crippen LogP contribution in [0.2, 0.25) is 0 Å². The van der Waals surface area contributed by atoms with Crippen molar-refractivity contribution >= 4 is 57.4 Å². The van der Waals surface area contributed by atoms with Crippen LogP contribution in [0.3, 0.4) is 0 Å². The van der Waals surface area contributed by atoms with Crippen LogP contribution in [-0.4, -0.2) is 136 Å². The van der Waals surface area contributed by atoms with Crippen LogP contribution in [0.4, 0.5) is 20.3 Å². The van der Waals surface area contributed by atoms with Crippen LogP contribution in [-0.2, 0) is 30.3 Å². The van der Waals surface area contributed by atoms with Crippen LogP contribution < -0.4 is 19.9 Å². The highest BCUT2D eigenvalue weighted by molar-refractivity contribution is 6.07. The van der Waals surface area contributed by atoms with E-state index in [1.165, 1.54) is 140 Å². The van der Waals surface area contributed by atoms with Crippen molar-refractivity contribution in [1.82, 2.24) is 30.1 Å². The molecule has 1 saturated carbocycles. The molecule has 0 bridgehead atoms. The predicted molar refractivity (Wildman–Crippen MR) is 350 cm³/mol. The largest absolute Gasteiger partial charge is 0.508 e. The van der Waals surface area contributed by atoms with Gasteiger partial charge >= 0.3 is 6.01 Å². The maximum Gasteiger partial charge on any atom is 0.318 e. The number of ether oxygens (including phenoxy) is 2. The summed E-state index contributed by atoms with van der Waals surface area (Å²) >= 11 is 0. The molecule has 5 saturated heterocycles. The highest BCUT2D eigenvalue weighted by Gasteiger charge is 2.47. The molecule has 16 nitrogen and oxygen atoms in total. The molecule has 5 aromatic rings. The Morgan fingerprint density at radius 1 is 0.910 bits per heavy atom. The molecule has 1 aliphatic carbocycles. The monoisotopic (exact) mass is 1230 g/mol. The number of fused-ring (bicyclic) bond motifs is 3.